The lowest BCUT2D eigenvalue weighted by atomic mass is 9.89. The summed E-state index contributed by atoms with van der Waals surface area (Å²) in [6.07, 6.45) is 2.88. The molecular weight excluding hydrogens is 454 g/mol. The quantitative estimate of drug-likeness (QED) is 0.495. The number of fused-ring (bicyclic) bond motifs is 1. The normalized spacial score (nSPS) is 16.5. The molecule has 36 heavy (non-hydrogen) atoms. The molecule has 0 aliphatic carbocycles. The summed E-state index contributed by atoms with van der Waals surface area (Å²) in [4.78, 5) is 27.6. The molecule has 0 radical (unpaired) electrons. The maximum Gasteiger partial charge on any atom is 0.321 e. The Labute approximate surface area is 211 Å². The average molecular weight is 486 g/mol. The number of urea groups is 1. The monoisotopic (exact) mass is 485 g/mol. The van der Waals surface area contributed by atoms with Crippen LogP contribution in [0.25, 0.3) is 0 Å². The minimum Gasteiger partial charge on any atom is -0.454 e. The summed E-state index contributed by atoms with van der Waals surface area (Å²) in [7, 11) is 0. The third-order valence-electron chi connectivity index (χ3n) is 6.83. The summed E-state index contributed by atoms with van der Waals surface area (Å²) in [6.45, 7) is 4.09. The smallest absolute Gasteiger partial charge is 0.321 e. The van der Waals surface area contributed by atoms with Crippen LogP contribution in [0.4, 0.5) is 10.5 Å². The van der Waals surface area contributed by atoms with E-state index in [0.717, 1.165) is 48.4 Å². The van der Waals surface area contributed by atoms with E-state index in [2.05, 4.69) is 17.6 Å². The average Bonchev–Trinajstić information content (AvgIpc) is 3.40. The van der Waals surface area contributed by atoms with Crippen LogP contribution in [0.3, 0.4) is 0 Å². The second kappa shape index (κ2) is 10.7. The Bertz CT molecular complexity index is 1240. The second-order valence-corrected chi connectivity index (χ2v) is 9.26. The lowest BCUT2D eigenvalue weighted by molar-refractivity contribution is 0.0950. The molecule has 0 saturated carbocycles. The molecular formula is C29H31N3O4. The molecule has 2 aliphatic rings. The highest BCUT2D eigenvalue weighted by Crippen LogP contribution is 2.32. The summed E-state index contributed by atoms with van der Waals surface area (Å²) >= 11 is 0. The van der Waals surface area contributed by atoms with Crippen LogP contribution in [0.15, 0.2) is 66.7 Å². The van der Waals surface area contributed by atoms with Crippen molar-refractivity contribution in [3.63, 3.8) is 0 Å². The zero-order valence-corrected chi connectivity index (χ0v) is 20.5. The Balaban J connectivity index is 1.19. The van der Waals surface area contributed by atoms with Crippen LogP contribution in [0.5, 0.6) is 11.5 Å². The van der Waals surface area contributed by atoms with Crippen molar-refractivity contribution in [2.75, 3.05) is 25.2 Å². The molecule has 0 aromatic heterocycles. The van der Waals surface area contributed by atoms with Crippen LogP contribution in [0, 0.1) is 0 Å². The van der Waals surface area contributed by atoms with Crippen molar-refractivity contribution in [1.82, 2.24) is 10.2 Å². The maximum absolute atomic E-state index is 12.9. The molecule has 1 saturated heterocycles. The number of carbonyl (C=O) groups excluding carboxylic acids is 2. The van der Waals surface area contributed by atoms with E-state index in [1.54, 1.807) is 0 Å². The number of piperidine rings is 1. The van der Waals surface area contributed by atoms with Crippen LogP contribution in [-0.4, -0.2) is 36.7 Å². The molecule has 3 amide bonds. The number of nitrogens with one attached hydrogen (secondary N) is 2. The number of rotatable bonds is 6. The van der Waals surface area contributed by atoms with E-state index >= 15 is 0 Å². The van der Waals surface area contributed by atoms with Gasteiger partial charge in [-0.15, -0.1) is 0 Å². The maximum atomic E-state index is 12.9. The van der Waals surface area contributed by atoms with Gasteiger partial charge in [0, 0.05) is 36.8 Å². The first-order valence-electron chi connectivity index (χ1n) is 12.5. The Kier molecular flexibility index (Phi) is 7.07. The molecule has 0 spiro atoms. The minimum absolute atomic E-state index is 0.0819. The summed E-state index contributed by atoms with van der Waals surface area (Å²) < 4.78 is 10.8. The van der Waals surface area contributed by atoms with Crippen LogP contribution in [-0.2, 0) is 13.0 Å². The van der Waals surface area contributed by atoms with E-state index in [9.17, 15) is 9.59 Å². The Morgan fingerprint density at radius 1 is 0.972 bits per heavy atom. The zero-order chi connectivity index (χ0) is 24.9. The molecule has 186 valence electrons. The Hall–Kier alpha value is -4.00. The number of amides is 3. The Morgan fingerprint density at radius 2 is 1.78 bits per heavy atom. The number of hydrogen-bond acceptors (Lipinski definition) is 4. The SMILES string of the molecule is CCc1ccc(NC(=O)N2CCC[C@H](c3cccc(C(=O)NCc4ccc5c(c4)OCO5)c3)C2)cc1. The number of likely N-dealkylation sites (tertiary alicyclic amines) is 1. The predicted octanol–water partition coefficient (Wildman–Crippen LogP) is 5.32. The van der Waals surface area contributed by atoms with Gasteiger partial charge in [-0.3, -0.25) is 4.79 Å². The fourth-order valence-corrected chi connectivity index (χ4v) is 4.73. The highest BCUT2D eigenvalue weighted by molar-refractivity contribution is 5.94. The molecule has 3 aromatic rings. The highest BCUT2D eigenvalue weighted by atomic mass is 16.7. The predicted molar refractivity (Wildman–Crippen MR) is 139 cm³/mol. The highest BCUT2D eigenvalue weighted by Gasteiger charge is 2.25. The third-order valence-corrected chi connectivity index (χ3v) is 6.83. The van der Waals surface area contributed by atoms with Crippen molar-refractivity contribution in [3.05, 3.63) is 89.0 Å². The summed E-state index contributed by atoms with van der Waals surface area (Å²) in [5, 5.41) is 6.01. The van der Waals surface area contributed by atoms with Gasteiger partial charge in [0.25, 0.3) is 5.91 Å². The van der Waals surface area contributed by atoms with Crippen molar-refractivity contribution in [2.24, 2.45) is 0 Å². The number of aryl methyl sites for hydroxylation is 1. The molecule has 5 rings (SSSR count). The van der Waals surface area contributed by atoms with E-state index in [0.29, 0.717) is 24.4 Å². The lowest BCUT2D eigenvalue weighted by Crippen LogP contribution is -2.41. The molecule has 2 aliphatic heterocycles. The number of benzene rings is 3. The molecule has 3 aromatic carbocycles. The van der Waals surface area contributed by atoms with E-state index in [4.69, 9.17) is 9.47 Å². The van der Waals surface area contributed by atoms with E-state index < -0.39 is 0 Å². The van der Waals surface area contributed by atoms with Gasteiger partial charge < -0.3 is 25.0 Å². The van der Waals surface area contributed by atoms with Gasteiger partial charge in [-0.1, -0.05) is 37.3 Å². The van der Waals surface area contributed by atoms with Gasteiger partial charge in [0.2, 0.25) is 6.79 Å². The van der Waals surface area contributed by atoms with Crippen molar-refractivity contribution >= 4 is 17.6 Å². The van der Waals surface area contributed by atoms with Gasteiger partial charge >= 0.3 is 6.03 Å². The fraction of sp³-hybridized carbons (Fsp3) is 0.310. The van der Waals surface area contributed by atoms with E-state index in [-0.39, 0.29) is 24.6 Å². The molecule has 1 atom stereocenters. The Morgan fingerprint density at radius 3 is 2.61 bits per heavy atom. The number of anilines is 1. The van der Waals surface area contributed by atoms with Gasteiger partial charge in [0.15, 0.2) is 11.5 Å². The molecule has 2 heterocycles. The van der Waals surface area contributed by atoms with Crippen molar-refractivity contribution < 1.29 is 19.1 Å². The third kappa shape index (κ3) is 5.46. The van der Waals surface area contributed by atoms with Crippen LogP contribution in [0.1, 0.15) is 52.7 Å². The summed E-state index contributed by atoms with van der Waals surface area (Å²) in [6, 6.07) is 21.3. The molecule has 0 unspecified atom stereocenters. The summed E-state index contributed by atoms with van der Waals surface area (Å²) in [5.41, 5.74) is 4.69. The minimum atomic E-state index is -0.129. The van der Waals surface area contributed by atoms with E-state index in [1.165, 1.54) is 5.56 Å². The number of carbonyl (C=O) groups is 2. The molecule has 0 bridgehead atoms. The fourth-order valence-electron chi connectivity index (χ4n) is 4.73. The first-order chi connectivity index (χ1) is 17.6. The number of nitrogens with zero attached hydrogens (tertiary/aromatic N) is 1. The van der Waals surface area contributed by atoms with Gasteiger partial charge in [-0.25, -0.2) is 4.79 Å². The van der Waals surface area contributed by atoms with Crippen LogP contribution < -0.4 is 20.1 Å². The second-order valence-electron chi connectivity index (χ2n) is 9.26. The molecule has 7 nitrogen and oxygen atoms in total. The largest absolute Gasteiger partial charge is 0.454 e. The van der Waals surface area contributed by atoms with Crippen LogP contribution >= 0.6 is 0 Å². The first kappa shape index (κ1) is 23.7. The van der Waals surface area contributed by atoms with Crippen molar-refractivity contribution in [2.45, 2.75) is 38.6 Å². The molecule has 7 heteroatoms. The van der Waals surface area contributed by atoms with Crippen LogP contribution in [0.2, 0.25) is 0 Å². The molecule has 2 N–H and O–H groups in total. The van der Waals surface area contributed by atoms with Gasteiger partial charge in [0.05, 0.1) is 0 Å². The zero-order valence-electron chi connectivity index (χ0n) is 20.5. The van der Waals surface area contributed by atoms with Gasteiger partial charge in [-0.05, 0) is 72.4 Å². The lowest BCUT2D eigenvalue weighted by Gasteiger charge is -2.33. The van der Waals surface area contributed by atoms with Gasteiger partial charge in [0.1, 0.15) is 0 Å². The van der Waals surface area contributed by atoms with Gasteiger partial charge in [-0.2, -0.15) is 0 Å². The number of hydrogen-bond donors (Lipinski definition) is 2. The van der Waals surface area contributed by atoms with Crippen molar-refractivity contribution in [1.29, 1.82) is 0 Å². The first-order valence-corrected chi connectivity index (χ1v) is 12.5. The topological polar surface area (TPSA) is 79.9 Å². The molecule has 1 fully saturated rings. The van der Waals surface area contributed by atoms with E-state index in [1.807, 2.05) is 71.6 Å². The van der Waals surface area contributed by atoms with Crippen molar-refractivity contribution in [3.8, 4) is 11.5 Å². The summed E-state index contributed by atoms with van der Waals surface area (Å²) in [5.74, 6) is 1.49. The standard InChI is InChI=1S/C29H31N3O4/c1-2-20-8-11-25(12-9-20)31-29(34)32-14-4-7-24(18-32)22-5-3-6-23(16-22)28(33)30-17-21-10-13-26-27(15-21)36-19-35-26/h3,5-6,8-13,15-16,24H,2,4,7,14,17-19H2,1H3,(H,30,33)(H,31,34)/t24-/m0/s1. The number of ether oxygens (including phenoxy) is 2.